The van der Waals surface area contributed by atoms with Crippen LogP contribution in [0.2, 0.25) is 10.0 Å². The van der Waals surface area contributed by atoms with Gasteiger partial charge in [0.25, 0.3) is 0 Å². The molecular weight excluding hydrogens is 313 g/mol. The molecule has 5 heteroatoms. The van der Waals surface area contributed by atoms with Crippen LogP contribution in [-0.2, 0) is 0 Å². The molecule has 1 atom stereocenters. The van der Waals surface area contributed by atoms with Gasteiger partial charge in [0.15, 0.2) is 0 Å². The third kappa shape index (κ3) is 3.29. The molecule has 108 valence electrons. The number of hydrogen-bond acceptors (Lipinski definition) is 3. The van der Waals surface area contributed by atoms with Crippen molar-refractivity contribution >= 4 is 34.5 Å². The molecule has 1 heterocycles. The fraction of sp³-hybridized carbons (Fsp3) is 0.333. The van der Waals surface area contributed by atoms with Crippen LogP contribution in [0.1, 0.15) is 29.8 Å². The predicted molar refractivity (Wildman–Crippen MR) is 87.5 cm³/mol. The van der Waals surface area contributed by atoms with Crippen LogP contribution >= 0.6 is 34.5 Å². The summed E-state index contributed by atoms with van der Waals surface area (Å²) in [6, 6.07) is 7.69. The molecule has 0 fully saturated rings. The van der Waals surface area contributed by atoms with Crippen LogP contribution in [0.25, 0.3) is 0 Å². The lowest BCUT2D eigenvalue weighted by Gasteiger charge is -2.20. The van der Waals surface area contributed by atoms with Crippen LogP contribution < -0.4 is 10.1 Å². The molecule has 0 bridgehead atoms. The minimum Gasteiger partial charge on any atom is -0.496 e. The summed E-state index contributed by atoms with van der Waals surface area (Å²) in [7, 11) is 1.68. The zero-order chi connectivity index (χ0) is 14.5. The highest BCUT2D eigenvalue weighted by Gasteiger charge is 2.22. The normalized spacial score (nSPS) is 12.4. The van der Waals surface area contributed by atoms with Gasteiger partial charge in [0.05, 0.1) is 28.1 Å². The standard InChI is InChI=1S/C15H17Cl2NOS/c1-3-8-18-14(15-12(19-2)7-9-20-15)10-5-4-6-11(16)13(10)17/h4-7,9,14,18H,3,8H2,1-2H3. The highest BCUT2D eigenvalue weighted by molar-refractivity contribution is 7.10. The number of thiophene rings is 1. The summed E-state index contributed by atoms with van der Waals surface area (Å²) >= 11 is 14.2. The Balaban J connectivity index is 2.44. The van der Waals surface area contributed by atoms with E-state index in [1.54, 1.807) is 24.5 Å². The van der Waals surface area contributed by atoms with Gasteiger partial charge in [0.1, 0.15) is 5.75 Å². The summed E-state index contributed by atoms with van der Waals surface area (Å²) in [6.07, 6.45) is 1.04. The van der Waals surface area contributed by atoms with E-state index in [9.17, 15) is 0 Å². The first-order valence-electron chi connectivity index (χ1n) is 6.47. The number of methoxy groups -OCH3 is 1. The van der Waals surface area contributed by atoms with Gasteiger partial charge in [-0.15, -0.1) is 11.3 Å². The van der Waals surface area contributed by atoms with Gasteiger partial charge in [-0.25, -0.2) is 0 Å². The number of halogens is 2. The van der Waals surface area contributed by atoms with Crippen molar-refractivity contribution in [3.05, 3.63) is 50.1 Å². The maximum Gasteiger partial charge on any atom is 0.134 e. The van der Waals surface area contributed by atoms with Gasteiger partial charge >= 0.3 is 0 Å². The number of nitrogens with one attached hydrogen (secondary N) is 1. The summed E-state index contributed by atoms with van der Waals surface area (Å²) in [5.74, 6) is 0.875. The highest BCUT2D eigenvalue weighted by Crippen LogP contribution is 2.39. The minimum absolute atomic E-state index is 0.00361. The number of hydrogen-bond donors (Lipinski definition) is 1. The Morgan fingerprint density at radius 3 is 2.80 bits per heavy atom. The van der Waals surface area contributed by atoms with Gasteiger partial charge in [-0.1, -0.05) is 42.3 Å². The highest BCUT2D eigenvalue weighted by atomic mass is 35.5. The van der Waals surface area contributed by atoms with Crippen LogP contribution in [0.15, 0.2) is 29.6 Å². The molecule has 2 nitrogen and oxygen atoms in total. The maximum absolute atomic E-state index is 6.37. The Labute approximate surface area is 133 Å². The molecule has 0 amide bonds. The van der Waals surface area contributed by atoms with Crippen LogP contribution in [0.4, 0.5) is 0 Å². The van der Waals surface area contributed by atoms with E-state index in [1.807, 2.05) is 23.6 Å². The summed E-state index contributed by atoms with van der Waals surface area (Å²) in [5, 5.41) is 6.71. The molecule has 0 aliphatic heterocycles. The average Bonchev–Trinajstić information content (AvgIpc) is 2.92. The molecule has 2 rings (SSSR count). The van der Waals surface area contributed by atoms with Crippen molar-refractivity contribution in [2.75, 3.05) is 13.7 Å². The molecule has 0 aliphatic rings. The lowest BCUT2D eigenvalue weighted by Crippen LogP contribution is -2.23. The number of benzene rings is 1. The van der Waals surface area contributed by atoms with Crippen molar-refractivity contribution in [2.45, 2.75) is 19.4 Å². The van der Waals surface area contributed by atoms with Crippen molar-refractivity contribution in [1.82, 2.24) is 5.32 Å². The third-order valence-electron chi connectivity index (χ3n) is 3.03. The van der Waals surface area contributed by atoms with Gasteiger partial charge in [0.2, 0.25) is 0 Å². The van der Waals surface area contributed by atoms with Crippen molar-refractivity contribution in [2.24, 2.45) is 0 Å². The molecule has 1 unspecified atom stereocenters. The number of ether oxygens (including phenoxy) is 1. The van der Waals surface area contributed by atoms with Crippen LogP contribution in [0, 0.1) is 0 Å². The quantitative estimate of drug-likeness (QED) is 0.790. The van der Waals surface area contributed by atoms with Crippen molar-refractivity contribution < 1.29 is 4.74 Å². The van der Waals surface area contributed by atoms with Crippen molar-refractivity contribution in [1.29, 1.82) is 0 Å². The van der Waals surface area contributed by atoms with Gasteiger partial charge in [-0.3, -0.25) is 0 Å². The molecule has 0 saturated carbocycles. The van der Waals surface area contributed by atoms with E-state index in [0.717, 1.165) is 29.2 Å². The Kier molecular flexibility index (Phi) is 5.73. The molecule has 1 aromatic heterocycles. The van der Waals surface area contributed by atoms with Gasteiger partial charge in [-0.2, -0.15) is 0 Å². The van der Waals surface area contributed by atoms with Gasteiger partial charge < -0.3 is 10.1 Å². The number of rotatable bonds is 6. The fourth-order valence-corrected chi connectivity index (χ4v) is 3.43. The van der Waals surface area contributed by atoms with E-state index in [-0.39, 0.29) is 6.04 Å². The molecular formula is C15H17Cl2NOS. The van der Waals surface area contributed by atoms with Gasteiger partial charge in [0, 0.05) is 0 Å². The lowest BCUT2D eigenvalue weighted by atomic mass is 10.0. The molecule has 1 N–H and O–H groups in total. The molecule has 1 aromatic carbocycles. The first kappa shape index (κ1) is 15.6. The summed E-state index contributed by atoms with van der Waals surface area (Å²) < 4.78 is 5.43. The van der Waals surface area contributed by atoms with Crippen molar-refractivity contribution in [3.8, 4) is 5.75 Å². The summed E-state index contributed by atoms with van der Waals surface area (Å²) in [6.45, 7) is 3.03. The summed E-state index contributed by atoms with van der Waals surface area (Å²) in [4.78, 5) is 1.12. The van der Waals surface area contributed by atoms with Gasteiger partial charge in [-0.05, 0) is 36.0 Å². The topological polar surface area (TPSA) is 21.3 Å². The van der Waals surface area contributed by atoms with E-state index in [0.29, 0.717) is 10.0 Å². The molecule has 0 saturated heterocycles. The van der Waals surface area contributed by atoms with Crippen LogP contribution in [-0.4, -0.2) is 13.7 Å². The Morgan fingerprint density at radius 2 is 2.10 bits per heavy atom. The van der Waals surface area contributed by atoms with Crippen molar-refractivity contribution in [3.63, 3.8) is 0 Å². The molecule has 0 aliphatic carbocycles. The first-order valence-corrected chi connectivity index (χ1v) is 8.11. The van der Waals surface area contributed by atoms with E-state index in [4.69, 9.17) is 27.9 Å². The Bertz CT molecular complexity index is 571. The Morgan fingerprint density at radius 1 is 1.30 bits per heavy atom. The van der Waals surface area contributed by atoms with Crippen LogP contribution in [0.3, 0.4) is 0 Å². The second kappa shape index (κ2) is 7.32. The smallest absolute Gasteiger partial charge is 0.134 e. The third-order valence-corrected chi connectivity index (χ3v) is 4.83. The summed E-state index contributed by atoms with van der Waals surface area (Å²) in [5.41, 5.74) is 0.980. The maximum atomic E-state index is 6.37. The van der Waals surface area contributed by atoms with E-state index >= 15 is 0 Å². The van der Waals surface area contributed by atoms with Crippen LogP contribution in [0.5, 0.6) is 5.75 Å². The second-order valence-electron chi connectivity index (χ2n) is 4.38. The monoisotopic (exact) mass is 329 g/mol. The zero-order valence-electron chi connectivity index (χ0n) is 11.5. The largest absolute Gasteiger partial charge is 0.496 e. The lowest BCUT2D eigenvalue weighted by molar-refractivity contribution is 0.407. The van der Waals surface area contributed by atoms with E-state index in [2.05, 4.69) is 12.2 Å². The SMILES string of the molecule is CCCNC(c1cccc(Cl)c1Cl)c1sccc1OC. The van der Waals surface area contributed by atoms with E-state index < -0.39 is 0 Å². The minimum atomic E-state index is -0.00361. The van der Waals surface area contributed by atoms with E-state index in [1.165, 1.54) is 0 Å². The zero-order valence-corrected chi connectivity index (χ0v) is 13.8. The molecule has 20 heavy (non-hydrogen) atoms. The molecule has 0 radical (unpaired) electrons. The first-order chi connectivity index (χ1) is 9.69. The Hall–Kier alpha value is -0.740. The predicted octanol–water partition coefficient (Wildman–Crippen LogP) is 5.15. The molecule has 0 spiro atoms. The second-order valence-corrected chi connectivity index (χ2v) is 6.12. The molecule has 2 aromatic rings. The average molecular weight is 330 g/mol. The fourth-order valence-electron chi connectivity index (χ4n) is 2.06.